The Bertz CT molecular complexity index is 274. The standard InChI is InChI=1S/C11H19N3/c1-10-8-13-14(9-10)7-5-11-4-2-3-6-12-11/h8-9,11-12H,2-7H2,1H3. The van der Waals surface area contributed by atoms with Gasteiger partial charge in [-0.3, -0.25) is 4.68 Å². The Kier molecular flexibility index (Phi) is 3.19. The molecular weight excluding hydrogens is 174 g/mol. The zero-order chi connectivity index (χ0) is 9.80. The Morgan fingerprint density at radius 2 is 2.50 bits per heavy atom. The van der Waals surface area contributed by atoms with Crippen molar-refractivity contribution in [2.24, 2.45) is 0 Å². The fraction of sp³-hybridized carbons (Fsp3) is 0.727. The fourth-order valence-corrected chi connectivity index (χ4v) is 2.05. The van der Waals surface area contributed by atoms with Gasteiger partial charge in [0.1, 0.15) is 0 Å². The fourth-order valence-electron chi connectivity index (χ4n) is 2.05. The number of hydrogen-bond donors (Lipinski definition) is 1. The maximum absolute atomic E-state index is 4.29. The molecule has 1 aliphatic heterocycles. The summed E-state index contributed by atoms with van der Waals surface area (Å²) in [7, 11) is 0. The van der Waals surface area contributed by atoms with E-state index in [1.54, 1.807) is 0 Å². The molecule has 1 aromatic heterocycles. The number of aryl methyl sites for hydroxylation is 2. The summed E-state index contributed by atoms with van der Waals surface area (Å²) in [4.78, 5) is 0. The number of hydrogen-bond acceptors (Lipinski definition) is 2. The molecule has 1 atom stereocenters. The zero-order valence-electron chi connectivity index (χ0n) is 8.87. The van der Waals surface area contributed by atoms with E-state index < -0.39 is 0 Å². The highest BCUT2D eigenvalue weighted by Gasteiger charge is 2.11. The van der Waals surface area contributed by atoms with Crippen molar-refractivity contribution in [3.63, 3.8) is 0 Å². The average Bonchev–Trinajstić information content (AvgIpc) is 2.63. The molecule has 0 saturated carbocycles. The van der Waals surface area contributed by atoms with Gasteiger partial charge in [0.25, 0.3) is 0 Å². The van der Waals surface area contributed by atoms with E-state index in [4.69, 9.17) is 0 Å². The highest BCUT2D eigenvalue weighted by molar-refractivity contribution is 4.99. The molecule has 0 bridgehead atoms. The van der Waals surface area contributed by atoms with Gasteiger partial charge in [-0.05, 0) is 38.3 Å². The van der Waals surface area contributed by atoms with E-state index in [2.05, 4.69) is 23.5 Å². The summed E-state index contributed by atoms with van der Waals surface area (Å²) < 4.78 is 2.05. The predicted molar refractivity (Wildman–Crippen MR) is 57.2 cm³/mol. The van der Waals surface area contributed by atoms with E-state index in [9.17, 15) is 0 Å². The molecule has 2 heterocycles. The Balaban J connectivity index is 1.76. The molecule has 78 valence electrons. The minimum atomic E-state index is 0.716. The normalized spacial score (nSPS) is 22.5. The Morgan fingerprint density at radius 3 is 3.14 bits per heavy atom. The van der Waals surface area contributed by atoms with Gasteiger partial charge >= 0.3 is 0 Å². The van der Waals surface area contributed by atoms with Gasteiger partial charge in [-0.15, -0.1) is 0 Å². The number of aromatic nitrogens is 2. The second-order valence-corrected chi connectivity index (χ2v) is 4.22. The lowest BCUT2D eigenvalue weighted by Crippen LogP contribution is -2.34. The minimum absolute atomic E-state index is 0.716. The molecule has 14 heavy (non-hydrogen) atoms. The maximum Gasteiger partial charge on any atom is 0.0518 e. The molecule has 1 aromatic rings. The molecule has 3 heteroatoms. The van der Waals surface area contributed by atoms with Crippen molar-refractivity contribution in [1.82, 2.24) is 15.1 Å². The summed E-state index contributed by atoms with van der Waals surface area (Å²) in [5.74, 6) is 0. The number of piperidine rings is 1. The van der Waals surface area contributed by atoms with Crippen LogP contribution in [-0.2, 0) is 6.54 Å². The molecule has 1 aliphatic rings. The lowest BCUT2D eigenvalue weighted by molar-refractivity contribution is 0.360. The number of nitrogens with one attached hydrogen (secondary N) is 1. The van der Waals surface area contributed by atoms with Crippen LogP contribution >= 0.6 is 0 Å². The van der Waals surface area contributed by atoms with Gasteiger partial charge in [-0.2, -0.15) is 5.10 Å². The van der Waals surface area contributed by atoms with Crippen molar-refractivity contribution in [2.75, 3.05) is 6.54 Å². The van der Waals surface area contributed by atoms with Crippen molar-refractivity contribution >= 4 is 0 Å². The van der Waals surface area contributed by atoms with Gasteiger partial charge < -0.3 is 5.32 Å². The Hall–Kier alpha value is -0.830. The van der Waals surface area contributed by atoms with Crippen LogP contribution in [-0.4, -0.2) is 22.4 Å². The Labute approximate surface area is 85.5 Å². The molecule has 3 nitrogen and oxygen atoms in total. The quantitative estimate of drug-likeness (QED) is 0.792. The van der Waals surface area contributed by atoms with Crippen LogP contribution in [0.4, 0.5) is 0 Å². The number of nitrogens with zero attached hydrogens (tertiary/aromatic N) is 2. The summed E-state index contributed by atoms with van der Waals surface area (Å²) in [6.45, 7) is 4.33. The van der Waals surface area contributed by atoms with Gasteiger partial charge in [0.2, 0.25) is 0 Å². The highest BCUT2D eigenvalue weighted by Crippen LogP contribution is 2.10. The molecule has 1 saturated heterocycles. The first-order valence-corrected chi connectivity index (χ1v) is 5.57. The average molecular weight is 193 g/mol. The maximum atomic E-state index is 4.29. The monoisotopic (exact) mass is 193 g/mol. The van der Waals surface area contributed by atoms with Crippen LogP contribution in [0.5, 0.6) is 0 Å². The third kappa shape index (κ3) is 2.58. The third-order valence-electron chi connectivity index (χ3n) is 2.88. The second kappa shape index (κ2) is 4.60. The SMILES string of the molecule is Cc1cnn(CCC2CCCCN2)c1. The van der Waals surface area contributed by atoms with Gasteiger partial charge in [0.05, 0.1) is 6.20 Å². The van der Waals surface area contributed by atoms with Gasteiger partial charge in [0.15, 0.2) is 0 Å². The highest BCUT2D eigenvalue weighted by atomic mass is 15.3. The molecule has 1 N–H and O–H groups in total. The van der Waals surface area contributed by atoms with E-state index in [1.165, 1.54) is 37.8 Å². The molecule has 0 radical (unpaired) electrons. The largest absolute Gasteiger partial charge is 0.314 e. The van der Waals surface area contributed by atoms with Crippen molar-refractivity contribution in [3.05, 3.63) is 18.0 Å². The van der Waals surface area contributed by atoms with Crippen molar-refractivity contribution in [3.8, 4) is 0 Å². The molecular formula is C11H19N3. The third-order valence-corrected chi connectivity index (χ3v) is 2.88. The van der Waals surface area contributed by atoms with E-state index in [0.29, 0.717) is 6.04 Å². The first kappa shape index (κ1) is 9.71. The van der Waals surface area contributed by atoms with Crippen LogP contribution in [0, 0.1) is 6.92 Å². The molecule has 0 aliphatic carbocycles. The van der Waals surface area contributed by atoms with Crippen LogP contribution in [0.3, 0.4) is 0 Å². The number of rotatable bonds is 3. The van der Waals surface area contributed by atoms with Crippen LogP contribution in [0.15, 0.2) is 12.4 Å². The topological polar surface area (TPSA) is 29.9 Å². The summed E-state index contributed by atoms with van der Waals surface area (Å²) in [6.07, 6.45) is 9.31. The van der Waals surface area contributed by atoms with Gasteiger partial charge in [-0.25, -0.2) is 0 Å². The van der Waals surface area contributed by atoms with Crippen LogP contribution in [0.1, 0.15) is 31.2 Å². The van der Waals surface area contributed by atoms with E-state index >= 15 is 0 Å². The van der Waals surface area contributed by atoms with Gasteiger partial charge in [-0.1, -0.05) is 6.42 Å². The smallest absolute Gasteiger partial charge is 0.0518 e. The summed E-state index contributed by atoms with van der Waals surface area (Å²) in [5.41, 5.74) is 1.25. The van der Waals surface area contributed by atoms with Gasteiger partial charge in [0, 0.05) is 18.8 Å². The molecule has 0 amide bonds. The van der Waals surface area contributed by atoms with Crippen LogP contribution in [0.2, 0.25) is 0 Å². The first-order chi connectivity index (χ1) is 6.84. The van der Waals surface area contributed by atoms with Crippen LogP contribution in [0.25, 0.3) is 0 Å². The zero-order valence-corrected chi connectivity index (χ0v) is 8.87. The van der Waals surface area contributed by atoms with Crippen molar-refractivity contribution < 1.29 is 0 Å². The summed E-state index contributed by atoms with van der Waals surface area (Å²) >= 11 is 0. The lowest BCUT2D eigenvalue weighted by atomic mass is 10.0. The van der Waals surface area contributed by atoms with Crippen molar-refractivity contribution in [1.29, 1.82) is 0 Å². The van der Waals surface area contributed by atoms with E-state index in [-0.39, 0.29) is 0 Å². The summed E-state index contributed by atoms with van der Waals surface area (Å²) in [6, 6.07) is 0.716. The predicted octanol–water partition coefficient (Wildman–Crippen LogP) is 1.72. The van der Waals surface area contributed by atoms with Crippen molar-refractivity contribution in [2.45, 2.75) is 45.2 Å². The second-order valence-electron chi connectivity index (χ2n) is 4.22. The summed E-state index contributed by atoms with van der Waals surface area (Å²) in [5, 5.41) is 7.84. The minimum Gasteiger partial charge on any atom is -0.314 e. The molecule has 0 aromatic carbocycles. The first-order valence-electron chi connectivity index (χ1n) is 5.57. The van der Waals surface area contributed by atoms with E-state index in [0.717, 1.165) is 6.54 Å². The molecule has 2 rings (SSSR count). The van der Waals surface area contributed by atoms with Crippen LogP contribution < -0.4 is 5.32 Å². The molecule has 0 spiro atoms. The lowest BCUT2D eigenvalue weighted by Gasteiger charge is -2.23. The molecule has 1 unspecified atom stereocenters. The Morgan fingerprint density at radius 1 is 1.57 bits per heavy atom. The van der Waals surface area contributed by atoms with E-state index in [1.807, 2.05) is 10.9 Å². The molecule has 1 fully saturated rings.